The van der Waals surface area contributed by atoms with Gasteiger partial charge in [0.2, 0.25) is 0 Å². The highest BCUT2D eigenvalue weighted by molar-refractivity contribution is 9.10. The largest absolute Gasteiger partial charge is 0.372 e. The Morgan fingerprint density at radius 3 is 2.56 bits per heavy atom. The Kier molecular flexibility index (Phi) is 3.86. The Balaban J connectivity index is 2.59. The smallest absolute Gasteiger partial charge is 0.182 e. The Morgan fingerprint density at radius 2 is 2.00 bits per heavy atom. The minimum absolute atomic E-state index is 0.296. The summed E-state index contributed by atoms with van der Waals surface area (Å²) in [5, 5.41) is 3.05. The van der Waals surface area contributed by atoms with Crippen LogP contribution in [0.25, 0.3) is 11.5 Å². The number of nitrogens with one attached hydrogen (secondary N) is 1. The fraction of sp³-hybridized carbons (Fsp3) is 0.333. The molecule has 0 amide bonds. The second-order valence-corrected chi connectivity index (χ2v) is 4.88. The zero-order valence-corrected chi connectivity index (χ0v) is 12.1. The zero-order valence-electron chi connectivity index (χ0n) is 10.5. The van der Waals surface area contributed by atoms with E-state index in [-0.39, 0.29) is 0 Å². The Bertz CT molecular complexity index is 542. The second kappa shape index (κ2) is 5.39. The van der Waals surface area contributed by atoms with Gasteiger partial charge in [0.1, 0.15) is 11.5 Å². The molecule has 0 unspecified atom stereocenters. The van der Waals surface area contributed by atoms with Crippen molar-refractivity contribution in [2.75, 3.05) is 12.4 Å². The van der Waals surface area contributed by atoms with Gasteiger partial charge in [-0.1, -0.05) is 13.8 Å². The van der Waals surface area contributed by atoms with Crippen LogP contribution in [0.2, 0.25) is 0 Å². The summed E-state index contributed by atoms with van der Waals surface area (Å²) in [6, 6.07) is 0. The molecular formula is C12H14BrN5. The number of aromatic nitrogens is 4. The normalized spacial score (nSPS) is 10.7. The molecule has 2 aromatic rings. The van der Waals surface area contributed by atoms with Crippen molar-refractivity contribution in [3.05, 3.63) is 28.8 Å². The van der Waals surface area contributed by atoms with Crippen LogP contribution in [0.4, 0.5) is 5.82 Å². The third-order valence-electron chi connectivity index (χ3n) is 2.45. The van der Waals surface area contributed by atoms with Crippen LogP contribution in [0, 0.1) is 0 Å². The lowest BCUT2D eigenvalue weighted by molar-refractivity contribution is 0.809. The van der Waals surface area contributed by atoms with Gasteiger partial charge in [-0.15, -0.1) is 0 Å². The van der Waals surface area contributed by atoms with Crippen LogP contribution in [0.3, 0.4) is 0 Å². The zero-order chi connectivity index (χ0) is 13.1. The van der Waals surface area contributed by atoms with Gasteiger partial charge in [0, 0.05) is 19.4 Å². The summed E-state index contributed by atoms with van der Waals surface area (Å²) in [7, 11) is 1.83. The van der Waals surface area contributed by atoms with Crippen LogP contribution in [-0.4, -0.2) is 27.0 Å². The molecule has 0 aromatic carbocycles. The molecule has 0 atom stereocenters. The molecule has 0 saturated carbocycles. The van der Waals surface area contributed by atoms with Gasteiger partial charge in [-0.05, 0) is 21.8 Å². The average Bonchev–Trinajstić information content (AvgIpc) is 2.39. The lowest BCUT2D eigenvalue weighted by Crippen LogP contribution is -2.05. The molecule has 0 saturated heterocycles. The molecule has 2 rings (SSSR count). The second-order valence-electron chi connectivity index (χ2n) is 4.09. The van der Waals surface area contributed by atoms with Gasteiger partial charge in [0.25, 0.3) is 0 Å². The van der Waals surface area contributed by atoms with Crippen LogP contribution in [0.15, 0.2) is 23.1 Å². The molecule has 6 heteroatoms. The Hall–Kier alpha value is -1.56. The van der Waals surface area contributed by atoms with E-state index in [2.05, 4.69) is 55.0 Å². The van der Waals surface area contributed by atoms with E-state index in [4.69, 9.17) is 0 Å². The maximum absolute atomic E-state index is 4.55. The van der Waals surface area contributed by atoms with Gasteiger partial charge in [0.05, 0.1) is 16.4 Å². The molecule has 0 radical (unpaired) electrons. The molecule has 0 aliphatic rings. The summed E-state index contributed by atoms with van der Waals surface area (Å²) in [5.41, 5.74) is 1.62. The highest BCUT2D eigenvalue weighted by Crippen LogP contribution is 2.30. The van der Waals surface area contributed by atoms with Crippen molar-refractivity contribution in [1.29, 1.82) is 0 Å². The van der Waals surface area contributed by atoms with Gasteiger partial charge in [-0.25, -0.2) is 15.0 Å². The minimum atomic E-state index is 0.296. The molecule has 0 spiro atoms. The molecule has 2 aromatic heterocycles. The first-order chi connectivity index (χ1) is 8.63. The lowest BCUT2D eigenvalue weighted by atomic mass is 10.1. The first kappa shape index (κ1) is 12.9. The predicted octanol–water partition coefficient (Wildman–Crippen LogP) is 2.86. The summed E-state index contributed by atoms with van der Waals surface area (Å²) < 4.78 is 0.896. The van der Waals surface area contributed by atoms with Crippen molar-refractivity contribution in [2.45, 2.75) is 19.8 Å². The maximum atomic E-state index is 4.55. The maximum Gasteiger partial charge on any atom is 0.182 e. The molecule has 0 fully saturated rings. The van der Waals surface area contributed by atoms with Crippen molar-refractivity contribution >= 4 is 21.7 Å². The van der Waals surface area contributed by atoms with Crippen molar-refractivity contribution in [3.63, 3.8) is 0 Å². The number of anilines is 1. The van der Waals surface area contributed by atoms with E-state index < -0.39 is 0 Å². The van der Waals surface area contributed by atoms with E-state index >= 15 is 0 Å². The van der Waals surface area contributed by atoms with Gasteiger partial charge >= 0.3 is 0 Å². The Morgan fingerprint density at radius 1 is 1.22 bits per heavy atom. The van der Waals surface area contributed by atoms with E-state index in [1.807, 2.05) is 7.05 Å². The van der Waals surface area contributed by atoms with Crippen molar-refractivity contribution < 1.29 is 0 Å². The van der Waals surface area contributed by atoms with Gasteiger partial charge in [-0.3, -0.25) is 4.98 Å². The van der Waals surface area contributed by atoms with Gasteiger partial charge in [0.15, 0.2) is 5.82 Å². The number of hydrogen-bond acceptors (Lipinski definition) is 5. The van der Waals surface area contributed by atoms with E-state index in [0.29, 0.717) is 17.4 Å². The molecule has 94 valence electrons. The third-order valence-corrected chi connectivity index (χ3v) is 3.23. The highest BCUT2D eigenvalue weighted by atomic mass is 79.9. The van der Waals surface area contributed by atoms with Gasteiger partial charge in [-0.2, -0.15) is 0 Å². The molecule has 2 heterocycles. The monoisotopic (exact) mass is 307 g/mol. The van der Waals surface area contributed by atoms with Crippen LogP contribution in [0.1, 0.15) is 25.5 Å². The fourth-order valence-corrected chi connectivity index (χ4v) is 2.38. The van der Waals surface area contributed by atoms with E-state index in [1.54, 1.807) is 18.6 Å². The number of halogens is 1. The number of hydrogen-bond donors (Lipinski definition) is 1. The Labute approximate surface area is 114 Å². The molecule has 1 N–H and O–H groups in total. The van der Waals surface area contributed by atoms with Crippen LogP contribution in [0.5, 0.6) is 0 Å². The first-order valence-corrected chi connectivity index (χ1v) is 6.44. The molecular weight excluding hydrogens is 294 g/mol. The summed E-state index contributed by atoms with van der Waals surface area (Å²) in [5.74, 6) is 1.64. The molecule has 18 heavy (non-hydrogen) atoms. The summed E-state index contributed by atoms with van der Waals surface area (Å²) in [6.07, 6.45) is 4.92. The SMILES string of the molecule is CNc1nc(-c2cnccn2)nc(C(C)C)c1Br. The standard InChI is InChI=1S/C12H14BrN5/c1-7(2)10-9(13)12(14-3)18-11(17-10)8-6-15-4-5-16-8/h4-7H,1-3H3,(H,14,17,18). The topological polar surface area (TPSA) is 63.6 Å². The third kappa shape index (κ3) is 2.48. The summed E-state index contributed by atoms with van der Waals surface area (Å²) in [6.45, 7) is 4.18. The van der Waals surface area contributed by atoms with Crippen LogP contribution < -0.4 is 5.32 Å². The van der Waals surface area contributed by atoms with Crippen molar-refractivity contribution in [3.8, 4) is 11.5 Å². The highest BCUT2D eigenvalue weighted by Gasteiger charge is 2.15. The summed E-state index contributed by atoms with van der Waals surface area (Å²) >= 11 is 3.53. The van der Waals surface area contributed by atoms with E-state index in [1.165, 1.54) is 0 Å². The quantitative estimate of drug-likeness (QED) is 0.944. The molecule has 0 bridgehead atoms. The lowest BCUT2D eigenvalue weighted by Gasteiger charge is -2.12. The molecule has 0 aliphatic carbocycles. The number of nitrogens with zero attached hydrogens (tertiary/aromatic N) is 4. The van der Waals surface area contributed by atoms with Crippen LogP contribution >= 0.6 is 15.9 Å². The van der Waals surface area contributed by atoms with E-state index in [9.17, 15) is 0 Å². The molecule has 0 aliphatic heterocycles. The molecule has 5 nitrogen and oxygen atoms in total. The average molecular weight is 308 g/mol. The number of rotatable bonds is 3. The van der Waals surface area contributed by atoms with Crippen molar-refractivity contribution in [1.82, 2.24) is 19.9 Å². The van der Waals surface area contributed by atoms with E-state index in [0.717, 1.165) is 16.0 Å². The van der Waals surface area contributed by atoms with Gasteiger partial charge < -0.3 is 5.32 Å². The minimum Gasteiger partial charge on any atom is -0.372 e. The summed E-state index contributed by atoms with van der Waals surface area (Å²) in [4.78, 5) is 17.2. The van der Waals surface area contributed by atoms with Crippen LogP contribution in [-0.2, 0) is 0 Å². The predicted molar refractivity (Wildman–Crippen MR) is 74.4 cm³/mol. The van der Waals surface area contributed by atoms with Crippen molar-refractivity contribution in [2.24, 2.45) is 0 Å². The first-order valence-electron chi connectivity index (χ1n) is 5.65. The fourth-order valence-electron chi connectivity index (χ4n) is 1.54.